The number of aromatic nitrogens is 3. The molecule has 0 N–H and O–H groups in total. The maximum absolute atomic E-state index is 12.9. The highest BCUT2D eigenvalue weighted by atomic mass is 19.4. The van der Waals surface area contributed by atoms with Crippen molar-refractivity contribution in [2.75, 3.05) is 6.61 Å². The maximum Gasteiger partial charge on any atom is 0.418 e. The summed E-state index contributed by atoms with van der Waals surface area (Å²) in [6.45, 7) is 4.44. The molecular formula is C14H14F3N3O. The Balaban J connectivity index is 2.05. The van der Waals surface area contributed by atoms with Crippen LogP contribution in [0.15, 0.2) is 18.5 Å². The molecule has 1 aliphatic heterocycles. The van der Waals surface area contributed by atoms with Gasteiger partial charge in [-0.2, -0.15) is 13.2 Å². The number of hydrogen-bond acceptors (Lipinski definition) is 3. The van der Waals surface area contributed by atoms with Gasteiger partial charge in [0.05, 0.1) is 17.9 Å². The molecule has 0 amide bonds. The molecule has 1 unspecified atom stereocenters. The van der Waals surface area contributed by atoms with Gasteiger partial charge in [-0.25, -0.2) is 4.98 Å². The summed E-state index contributed by atoms with van der Waals surface area (Å²) in [7, 11) is 0. The lowest BCUT2D eigenvalue weighted by molar-refractivity contribution is -0.138. The Morgan fingerprint density at radius 2 is 2.14 bits per heavy atom. The first-order valence-electron chi connectivity index (χ1n) is 6.59. The molecule has 112 valence electrons. The lowest BCUT2D eigenvalue weighted by atomic mass is 10.1. The minimum absolute atomic E-state index is 0.0353. The van der Waals surface area contributed by atoms with Gasteiger partial charge in [-0.05, 0) is 19.9 Å². The van der Waals surface area contributed by atoms with Gasteiger partial charge < -0.3 is 9.30 Å². The van der Waals surface area contributed by atoms with E-state index in [1.807, 2.05) is 11.5 Å². The lowest BCUT2D eigenvalue weighted by Gasteiger charge is -2.20. The number of rotatable bonds is 1. The van der Waals surface area contributed by atoms with Crippen LogP contribution in [0.2, 0.25) is 0 Å². The average molecular weight is 297 g/mol. The van der Waals surface area contributed by atoms with Gasteiger partial charge in [0.2, 0.25) is 0 Å². The second-order valence-electron chi connectivity index (χ2n) is 5.05. The van der Waals surface area contributed by atoms with E-state index in [2.05, 4.69) is 9.97 Å². The van der Waals surface area contributed by atoms with Crippen molar-refractivity contribution in [2.45, 2.75) is 32.7 Å². The second-order valence-corrected chi connectivity index (χ2v) is 5.05. The Kier molecular flexibility index (Phi) is 3.24. The molecule has 0 radical (unpaired) electrons. The Labute approximate surface area is 119 Å². The number of alkyl halides is 3. The number of halogens is 3. The van der Waals surface area contributed by atoms with Crippen LogP contribution in [0.4, 0.5) is 13.2 Å². The predicted molar refractivity (Wildman–Crippen MR) is 69.6 cm³/mol. The van der Waals surface area contributed by atoms with Crippen LogP contribution in [-0.4, -0.2) is 21.1 Å². The molecule has 0 bridgehead atoms. The SMILES string of the molecule is Cc1ncc(-c2cn3c(n2)C(C)OCC3)cc1C(F)(F)F. The van der Waals surface area contributed by atoms with Crippen LogP contribution in [0, 0.1) is 6.92 Å². The van der Waals surface area contributed by atoms with Crippen LogP contribution in [-0.2, 0) is 17.5 Å². The fourth-order valence-electron chi connectivity index (χ4n) is 2.44. The quantitative estimate of drug-likeness (QED) is 0.810. The number of hydrogen-bond donors (Lipinski definition) is 0. The first kappa shape index (κ1) is 14.1. The first-order valence-corrected chi connectivity index (χ1v) is 6.59. The molecule has 21 heavy (non-hydrogen) atoms. The summed E-state index contributed by atoms with van der Waals surface area (Å²) >= 11 is 0. The highest BCUT2D eigenvalue weighted by Crippen LogP contribution is 2.34. The molecule has 2 aromatic rings. The van der Waals surface area contributed by atoms with Crippen molar-refractivity contribution in [1.29, 1.82) is 0 Å². The molecule has 0 spiro atoms. The van der Waals surface area contributed by atoms with Crippen molar-refractivity contribution in [2.24, 2.45) is 0 Å². The molecule has 4 nitrogen and oxygen atoms in total. The molecule has 0 saturated heterocycles. The predicted octanol–water partition coefficient (Wildman–Crippen LogP) is 3.36. The maximum atomic E-state index is 12.9. The molecule has 0 saturated carbocycles. The average Bonchev–Trinajstić information content (AvgIpc) is 2.83. The van der Waals surface area contributed by atoms with Gasteiger partial charge in [-0.3, -0.25) is 4.98 Å². The Morgan fingerprint density at radius 1 is 1.38 bits per heavy atom. The fourth-order valence-corrected chi connectivity index (χ4v) is 2.44. The molecule has 0 aliphatic carbocycles. The molecule has 2 aromatic heterocycles. The van der Waals surface area contributed by atoms with E-state index in [0.29, 0.717) is 24.4 Å². The summed E-state index contributed by atoms with van der Waals surface area (Å²) in [6.07, 6.45) is -1.40. The van der Waals surface area contributed by atoms with E-state index in [-0.39, 0.29) is 11.8 Å². The first-order chi connectivity index (χ1) is 9.86. The molecule has 0 fully saturated rings. The zero-order valence-electron chi connectivity index (χ0n) is 11.6. The second kappa shape index (κ2) is 4.84. The van der Waals surface area contributed by atoms with E-state index in [1.54, 1.807) is 6.20 Å². The Morgan fingerprint density at radius 3 is 2.81 bits per heavy atom. The smallest absolute Gasteiger partial charge is 0.369 e. The van der Waals surface area contributed by atoms with Crippen molar-refractivity contribution in [1.82, 2.24) is 14.5 Å². The summed E-state index contributed by atoms with van der Waals surface area (Å²) < 4.78 is 46.2. The van der Waals surface area contributed by atoms with E-state index < -0.39 is 11.7 Å². The standard InChI is InChI=1S/C14H14F3N3O/c1-8-11(14(15,16)17)5-10(6-18-8)12-7-20-3-4-21-9(2)13(20)19-12/h5-7,9H,3-4H2,1-2H3. The monoisotopic (exact) mass is 297 g/mol. The van der Waals surface area contributed by atoms with Gasteiger partial charge >= 0.3 is 6.18 Å². The van der Waals surface area contributed by atoms with Gasteiger partial charge in [0.25, 0.3) is 0 Å². The fraction of sp³-hybridized carbons (Fsp3) is 0.429. The van der Waals surface area contributed by atoms with Crippen molar-refractivity contribution in [3.05, 3.63) is 35.5 Å². The normalized spacial score (nSPS) is 18.6. The van der Waals surface area contributed by atoms with Crippen molar-refractivity contribution >= 4 is 0 Å². The van der Waals surface area contributed by atoms with Gasteiger partial charge in [0, 0.05) is 30.2 Å². The van der Waals surface area contributed by atoms with Crippen molar-refractivity contribution < 1.29 is 17.9 Å². The van der Waals surface area contributed by atoms with Crippen molar-refractivity contribution in [3.8, 4) is 11.3 Å². The third-order valence-electron chi connectivity index (χ3n) is 3.56. The van der Waals surface area contributed by atoms with E-state index in [4.69, 9.17) is 4.74 Å². The summed E-state index contributed by atoms with van der Waals surface area (Å²) in [5, 5.41) is 0. The Bertz CT molecular complexity index is 679. The van der Waals surface area contributed by atoms with Crippen LogP contribution in [0.3, 0.4) is 0 Å². The molecular weight excluding hydrogens is 283 g/mol. The Hall–Kier alpha value is -1.89. The highest BCUT2D eigenvalue weighted by Gasteiger charge is 2.33. The van der Waals surface area contributed by atoms with E-state index >= 15 is 0 Å². The summed E-state index contributed by atoms with van der Waals surface area (Å²) in [5.41, 5.74) is 0.0876. The number of pyridine rings is 1. The van der Waals surface area contributed by atoms with E-state index in [9.17, 15) is 13.2 Å². The lowest BCUT2D eigenvalue weighted by Crippen LogP contribution is -2.19. The number of ether oxygens (including phenoxy) is 1. The van der Waals surface area contributed by atoms with Crippen molar-refractivity contribution in [3.63, 3.8) is 0 Å². The minimum Gasteiger partial charge on any atom is -0.369 e. The minimum atomic E-state index is -4.41. The van der Waals surface area contributed by atoms with Gasteiger partial charge in [-0.1, -0.05) is 0 Å². The molecule has 7 heteroatoms. The molecule has 0 aromatic carbocycles. The van der Waals surface area contributed by atoms with Gasteiger partial charge in [0.15, 0.2) is 0 Å². The summed E-state index contributed by atoms with van der Waals surface area (Å²) in [6, 6.07) is 1.10. The molecule has 1 atom stereocenters. The largest absolute Gasteiger partial charge is 0.418 e. The summed E-state index contributed by atoms with van der Waals surface area (Å²) in [4.78, 5) is 8.23. The number of nitrogens with zero attached hydrogens (tertiary/aromatic N) is 3. The topological polar surface area (TPSA) is 39.9 Å². The van der Waals surface area contributed by atoms with Crippen LogP contribution in [0.1, 0.15) is 30.1 Å². The van der Waals surface area contributed by atoms with Crippen LogP contribution in [0.25, 0.3) is 11.3 Å². The van der Waals surface area contributed by atoms with Crippen LogP contribution in [0.5, 0.6) is 0 Å². The van der Waals surface area contributed by atoms with Gasteiger partial charge in [0.1, 0.15) is 11.9 Å². The molecule has 3 rings (SSSR count). The highest BCUT2D eigenvalue weighted by molar-refractivity contribution is 5.59. The zero-order chi connectivity index (χ0) is 15.2. The van der Waals surface area contributed by atoms with Crippen LogP contribution < -0.4 is 0 Å². The van der Waals surface area contributed by atoms with Crippen LogP contribution >= 0.6 is 0 Å². The summed E-state index contributed by atoms with van der Waals surface area (Å²) in [5.74, 6) is 0.727. The van der Waals surface area contributed by atoms with E-state index in [0.717, 1.165) is 11.9 Å². The molecule has 3 heterocycles. The third kappa shape index (κ3) is 2.53. The number of imidazole rings is 1. The number of aryl methyl sites for hydroxylation is 1. The number of fused-ring (bicyclic) bond motifs is 1. The zero-order valence-corrected chi connectivity index (χ0v) is 11.6. The van der Waals surface area contributed by atoms with E-state index in [1.165, 1.54) is 13.1 Å². The molecule has 1 aliphatic rings. The third-order valence-corrected chi connectivity index (χ3v) is 3.56. The van der Waals surface area contributed by atoms with Gasteiger partial charge in [-0.15, -0.1) is 0 Å².